The maximum absolute atomic E-state index is 4.39. The van der Waals surface area contributed by atoms with Gasteiger partial charge in [-0.1, -0.05) is 31.0 Å². The topological polar surface area (TPSA) is 0 Å². The third-order valence-electron chi connectivity index (χ3n) is 1.90. The van der Waals surface area contributed by atoms with Gasteiger partial charge in [-0.05, 0) is 18.6 Å². The van der Waals surface area contributed by atoms with Crippen LogP contribution in [-0.4, -0.2) is 0 Å². The second-order valence-electron chi connectivity index (χ2n) is 2.96. The van der Waals surface area contributed by atoms with Gasteiger partial charge in [-0.3, -0.25) is 0 Å². The molecule has 1 atom stereocenters. The number of hydrogen-bond donors (Lipinski definition) is 1. The Morgan fingerprint density at radius 3 is 2.69 bits per heavy atom. The van der Waals surface area contributed by atoms with Crippen LogP contribution < -0.4 is 0 Å². The molecule has 1 unspecified atom stereocenters. The van der Waals surface area contributed by atoms with E-state index in [0.29, 0.717) is 0 Å². The Balaban J connectivity index is 2.88. The lowest BCUT2D eigenvalue weighted by molar-refractivity contribution is 0.965. The van der Waals surface area contributed by atoms with E-state index in [-0.39, 0.29) is 5.92 Å². The molecule has 1 aromatic carbocycles. The van der Waals surface area contributed by atoms with Crippen LogP contribution in [-0.2, 0) is 0 Å². The fourth-order valence-corrected chi connectivity index (χ4v) is 1.54. The van der Waals surface area contributed by atoms with Crippen LogP contribution in [0.2, 0.25) is 0 Å². The van der Waals surface area contributed by atoms with E-state index in [9.17, 15) is 0 Å². The van der Waals surface area contributed by atoms with Crippen molar-refractivity contribution in [2.45, 2.75) is 31.1 Å². The molecule has 0 nitrogen and oxygen atoms in total. The second kappa shape index (κ2) is 4.99. The van der Waals surface area contributed by atoms with Crippen LogP contribution in [0.15, 0.2) is 29.2 Å². The summed E-state index contributed by atoms with van der Waals surface area (Å²) in [6.45, 7) is 4.17. The molecule has 13 heavy (non-hydrogen) atoms. The first-order chi connectivity index (χ1) is 6.25. The third-order valence-corrected chi connectivity index (χ3v) is 2.31. The summed E-state index contributed by atoms with van der Waals surface area (Å²) in [5.41, 5.74) is 1.21. The molecule has 1 heteroatoms. The predicted molar refractivity (Wildman–Crippen MR) is 60.2 cm³/mol. The Morgan fingerprint density at radius 1 is 1.38 bits per heavy atom. The van der Waals surface area contributed by atoms with Crippen molar-refractivity contribution in [1.29, 1.82) is 0 Å². The van der Waals surface area contributed by atoms with Crippen LogP contribution in [0.4, 0.5) is 0 Å². The van der Waals surface area contributed by atoms with Crippen LogP contribution in [0, 0.1) is 11.8 Å². The van der Waals surface area contributed by atoms with E-state index in [4.69, 9.17) is 0 Å². The van der Waals surface area contributed by atoms with E-state index in [0.717, 1.165) is 11.3 Å². The zero-order valence-electron chi connectivity index (χ0n) is 8.04. The number of rotatable bonds is 1. The Hall–Kier alpha value is -0.870. The van der Waals surface area contributed by atoms with Crippen LogP contribution in [0.3, 0.4) is 0 Å². The number of thiol groups is 1. The lowest BCUT2D eigenvalue weighted by Crippen LogP contribution is -1.90. The molecular weight excluding hydrogens is 176 g/mol. The predicted octanol–water partition coefficient (Wildman–Crippen LogP) is 3.49. The Bertz CT molecular complexity index is 330. The zero-order valence-corrected chi connectivity index (χ0v) is 8.94. The summed E-state index contributed by atoms with van der Waals surface area (Å²) < 4.78 is 0. The molecule has 0 saturated heterocycles. The van der Waals surface area contributed by atoms with Gasteiger partial charge in [0.05, 0.1) is 0 Å². The monoisotopic (exact) mass is 190 g/mol. The third kappa shape index (κ3) is 2.82. The smallest absolute Gasteiger partial charge is 0.0435 e. The molecule has 68 valence electrons. The molecule has 0 saturated carbocycles. The summed E-state index contributed by atoms with van der Waals surface area (Å²) in [7, 11) is 0. The molecule has 1 aromatic rings. The van der Waals surface area contributed by atoms with Crippen molar-refractivity contribution in [2.75, 3.05) is 0 Å². The van der Waals surface area contributed by atoms with Crippen LogP contribution >= 0.6 is 12.6 Å². The highest BCUT2D eigenvalue weighted by Crippen LogP contribution is 2.21. The zero-order chi connectivity index (χ0) is 9.68. The van der Waals surface area contributed by atoms with Crippen molar-refractivity contribution in [1.82, 2.24) is 0 Å². The first kappa shape index (κ1) is 10.2. The minimum Gasteiger partial charge on any atom is -0.143 e. The molecule has 0 bridgehead atoms. The molecule has 0 heterocycles. The van der Waals surface area contributed by atoms with Gasteiger partial charge in [-0.25, -0.2) is 0 Å². The van der Waals surface area contributed by atoms with Gasteiger partial charge in [-0.15, -0.1) is 18.5 Å². The molecule has 0 spiro atoms. The summed E-state index contributed by atoms with van der Waals surface area (Å²) >= 11 is 4.39. The second-order valence-corrected chi connectivity index (χ2v) is 3.44. The Morgan fingerprint density at radius 2 is 2.08 bits per heavy atom. The van der Waals surface area contributed by atoms with Gasteiger partial charge in [0.15, 0.2) is 0 Å². The molecule has 0 radical (unpaired) electrons. The van der Waals surface area contributed by atoms with Gasteiger partial charge >= 0.3 is 0 Å². The van der Waals surface area contributed by atoms with Crippen molar-refractivity contribution in [3.8, 4) is 11.8 Å². The normalized spacial score (nSPS) is 11.6. The fourth-order valence-electron chi connectivity index (χ4n) is 1.19. The summed E-state index contributed by atoms with van der Waals surface area (Å²) in [4.78, 5) is 1.03. The van der Waals surface area contributed by atoms with Gasteiger partial charge in [0.1, 0.15) is 0 Å². The van der Waals surface area contributed by atoms with Gasteiger partial charge in [0.25, 0.3) is 0 Å². The molecule has 0 aliphatic carbocycles. The van der Waals surface area contributed by atoms with Crippen molar-refractivity contribution < 1.29 is 0 Å². The molecule has 0 aliphatic heterocycles. The van der Waals surface area contributed by atoms with Gasteiger partial charge in [0, 0.05) is 17.2 Å². The Kier molecular flexibility index (Phi) is 3.92. The minimum atomic E-state index is 0.286. The largest absolute Gasteiger partial charge is 0.143 e. The summed E-state index contributed by atoms with van der Waals surface area (Å²) in [6.07, 6.45) is 0.916. The average Bonchev–Trinajstić information content (AvgIpc) is 2.15. The molecule has 0 N–H and O–H groups in total. The highest BCUT2D eigenvalue weighted by atomic mass is 32.1. The quantitative estimate of drug-likeness (QED) is 0.508. The summed E-state index contributed by atoms with van der Waals surface area (Å²) in [6, 6.07) is 8.10. The highest BCUT2D eigenvalue weighted by Gasteiger charge is 2.03. The van der Waals surface area contributed by atoms with Crippen LogP contribution in [0.5, 0.6) is 0 Å². The van der Waals surface area contributed by atoms with Crippen LogP contribution in [0.25, 0.3) is 0 Å². The molecule has 0 aliphatic rings. The first-order valence-electron chi connectivity index (χ1n) is 4.52. The van der Waals surface area contributed by atoms with Crippen molar-refractivity contribution >= 4 is 12.6 Å². The van der Waals surface area contributed by atoms with Crippen molar-refractivity contribution in [3.05, 3.63) is 29.8 Å². The lowest BCUT2D eigenvalue weighted by atomic mass is 10.0. The molecule has 0 amide bonds. The maximum Gasteiger partial charge on any atom is 0.0435 e. The van der Waals surface area contributed by atoms with E-state index in [2.05, 4.69) is 44.4 Å². The summed E-state index contributed by atoms with van der Waals surface area (Å²) in [5.74, 6) is 6.57. The van der Waals surface area contributed by atoms with E-state index in [1.54, 1.807) is 0 Å². The molecule has 0 fully saturated rings. The Labute approximate surface area is 85.8 Å². The molecule has 0 aromatic heterocycles. The highest BCUT2D eigenvalue weighted by molar-refractivity contribution is 7.80. The van der Waals surface area contributed by atoms with Crippen LogP contribution in [0.1, 0.15) is 31.7 Å². The summed E-state index contributed by atoms with van der Waals surface area (Å²) in [5, 5.41) is 0. The number of hydrogen-bond acceptors (Lipinski definition) is 1. The van der Waals surface area contributed by atoms with E-state index >= 15 is 0 Å². The van der Waals surface area contributed by atoms with Gasteiger partial charge in [0.2, 0.25) is 0 Å². The van der Waals surface area contributed by atoms with Gasteiger partial charge < -0.3 is 0 Å². The van der Waals surface area contributed by atoms with E-state index in [1.165, 1.54) is 5.56 Å². The van der Waals surface area contributed by atoms with E-state index < -0.39 is 0 Å². The van der Waals surface area contributed by atoms with Gasteiger partial charge in [-0.2, -0.15) is 0 Å². The standard InChI is InChI=1S/C12H14S/c1-3-4-7-10(2)11-8-5-6-9-12(11)13/h5-6,8-10,13H,3H2,1-2H3. The lowest BCUT2D eigenvalue weighted by Gasteiger charge is -2.06. The fraction of sp³-hybridized carbons (Fsp3) is 0.333. The van der Waals surface area contributed by atoms with E-state index in [1.807, 2.05) is 18.2 Å². The molecule has 1 rings (SSSR count). The maximum atomic E-state index is 4.39. The minimum absolute atomic E-state index is 0.286. The first-order valence-corrected chi connectivity index (χ1v) is 4.96. The number of benzene rings is 1. The van der Waals surface area contributed by atoms with Crippen molar-refractivity contribution in [2.24, 2.45) is 0 Å². The van der Waals surface area contributed by atoms with Crippen molar-refractivity contribution in [3.63, 3.8) is 0 Å². The SMILES string of the molecule is CCC#CC(C)c1ccccc1S. The molecular formula is C12H14S. The average molecular weight is 190 g/mol.